The minimum Gasteiger partial charge on any atom is -0.393 e. The van der Waals surface area contributed by atoms with Crippen LogP contribution in [0, 0.1) is 5.92 Å². The second-order valence-corrected chi connectivity index (χ2v) is 4.83. The Hall–Kier alpha value is -0.570. The van der Waals surface area contributed by atoms with Crippen molar-refractivity contribution in [2.45, 2.75) is 64.5 Å². The number of hydrogen-bond donors (Lipinski definition) is 2. The van der Waals surface area contributed by atoms with Crippen LogP contribution in [0.3, 0.4) is 0 Å². The summed E-state index contributed by atoms with van der Waals surface area (Å²) in [6, 6.07) is 0.0828. The largest absolute Gasteiger partial charge is 0.393 e. The van der Waals surface area contributed by atoms with E-state index in [4.69, 9.17) is 0 Å². The van der Waals surface area contributed by atoms with Gasteiger partial charge in [0.05, 0.1) is 6.10 Å². The van der Waals surface area contributed by atoms with Gasteiger partial charge in [-0.25, -0.2) is 0 Å². The number of hydrogen-bond acceptors (Lipinski definition) is 2. The van der Waals surface area contributed by atoms with Gasteiger partial charge in [0.1, 0.15) is 0 Å². The summed E-state index contributed by atoms with van der Waals surface area (Å²) in [5.41, 5.74) is 0. The smallest absolute Gasteiger partial charge is 0.223 e. The number of nitrogens with one attached hydrogen (secondary N) is 1. The summed E-state index contributed by atoms with van der Waals surface area (Å²) in [6.45, 7) is 3.71. The van der Waals surface area contributed by atoms with Crippen LogP contribution in [0.2, 0.25) is 0 Å². The van der Waals surface area contributed by atoms with Crippen LogP contribution in [-0.4, -0.2) is 23.2 Å². The van der Waals surface area contributed by atoms with Crippen molar-refractivity contribution in [3.63, 3.8) is 0 Å². The van der Waals surface area contributed by atoms with Crippen LogP contribution in [0.4, 0.5) is 0 Å². The SMILES string of the molecule is CC(O)CC(C)NC(=O)C1CCCCC1. The molecule has 3 nitrogen and oxygen atoms in total. The van der Waals surface area contributed by atoms with Gasteiger partial charge in [0.2, 0.25) is 5.91 Å². The molecule has 0 aromatic heterocycles. The fourth-order valence-electron chi connectivity index (χ4n) is 2.30. The van der Waals surface area contributed by atoms with Gasteiger partial charge in [-0.3, -0.25) is 4.79 Å². The average Bonchev–Trinajstić information content (AvgIpc) is 2.17. The Bertz CT molecular complexity index is 198. The first-order valence-corrected chi connectivity index (χ1v) is 6.08. The quantitative estimate of drug-likeness (QED) is 0.748. The van der Waals surface area contributed by atoms with Gasteiger partial charge >= 0.3 is 0 Å². The lowest BCUT2D eigenvalue weighted by molar-refractivity contribution is -0.126. The fraction of sp³-hybridized carbons (Fsp3) is 0.917. The number of aliphatic hydroxyl groups excluding tert-OH is 1. The van der Waals surface area contributed by atoms with Gasteiger partial charge in [0.25, 0.3) is 0 Å². The Morgan fingerprint density at radius 3 is 2.47 bits per heavy atom. The van der Waals surface area contributed by atoms with Crippen molar-refractivity contribution < 1.29 is 9.90 Å². The van der Waals surface area contributed by atoms with Crippen LogP contribution in [0.25, 0.3) is 0 Å². The summed E-state index contributed by atoms with van der Waals surface area (Å²) in [4.78, 5) is 11.8. The molecule has 0 saturated heterocycles. The van der Waals surface area contributed by atoms with Gasteiger partial charge in [0.15, 0.2) is 0 Å². The zero-order valence-electron chi connectivity index (χ0n) is 9.83. The molecule has 1 aliphatic carbocycles. The maximum absolute atomic E-state index is 11.8. The van der Waals surface area contributed by atoms with Gasteiger partial charge in [-0.1, -0.05) is 19.3 Å². The Balaban J connectivity index is 2.27. The molecule has 0 aromatic rings. The van der Waals surface area contributed by atoms with Crippen molar-refractivity contribution in [2.24, 2.45) is 5.92 Å². The summed E-state index contributed by atoms with van der Waals surface area (Å²) < 4.78 is 0. The van der Waals surface area contributed by atoms with E-state index in [2.05, 4.69) is 5.32 Å². The molecule has 0 aromatic carbocycles. The molecule has 2 N–H and O–H groups in total. The van der Waals surface area contributed by atoms with Gasteiger partial charge < -0.3 is 10.4 Å². The summed E-state index contributed by atoms with van der Waals surface area (Å²) in [5, 5.41) is 12.2. The molecule has 1 saturated carbocycles. The van der Waals surface area contributed by atoms with Crippen molar-refractivity contribution >= 4 is 5.91 Å². The highest BCUT2D eigenvalue weighted by molar-refractivity contribution is 5.78. The fourth-order valence-corrected chi connectivity index (χ4v) is 2.30. The summed E-state index contributed by atoms with van der Waals surface area (Å²) in [5.74, 6) is 0.401. The third-order valence-electron chi connectivity index (χ3n) is 3.06. The van der Waals surface area contributed by atoms with Crippen LogP contribution in [0.15, 0.2) is 0 Å². The van der Waals surface area contributed by atoms with Crippen LogP contribution in [0.1, 0.15) is 52.4 Å². The lowest BCUT2D eigenvalue weighted by Crippen LogP contribution is -2.39. The first kappa shape index (κ1) is 12.5. The van der Waals surface area contributed by atoms with E-state index in [-0.39, 0.29) is 24.0 Å². The molecule has 3 heteroatoms. The molecule has 2 atom stereocenters. The molecule has 0 aliphatic heterocycles. The monoisotopic (exact) mass is 213 g/mol. The van der Waals surface area contributed by atoms with Crippen molar-refractivity contribution in [1.82, 2.24) is 5.32 Å². The first-order chi connectivity index (χ1) is 7.09. The van der Waals surface area contributed by atoms with Crippen molar-refractivity contribution in [1.29, 1.82) is 0 Å². The molecule has 0 heterocycles. The van der Waals surface area contributed by atoms with Crippen LogP contribution in [-0.2, 0) is 4.79 Å². The molecule has 0 bridgehead atoms. The maximum Gasteiger partial charge on any atom is 0.223 e. The first-order valence-electron chi connectivity index (χ1n) is 6.08. The molecular formula is C12H23NO2. The molecule has 1 amide bonds. The summed E-state index contributed by atoms with van der Waals surface area (Å²) >= 11 is 0. The minimum atomic E-state index is -0.341. The van der Waals surface area contributed by atoms with Gasteiger partial charge in [0, 0.05) is 12.0 Å². The zero-order chi connectivity index (χ0) is 11.3. The van der Waals surface area contributed by atoms with E-state index in [9.17, 15) is 9.90 Å². The lowest BCUT2D eigenvalue weighted by atomic mass is 9.88. The molecular weight excluding hydrogens is 190 g/mol. The molecule has 2 unspecified atom stereocenters. The summed E-state index contributed by atoms with van der Waals surface area (Å²) in [6.07, 6.45) is 6.00. The molecule has 88 valence electrons. The van der Waals surface area contributed by atoms with E-state index in [0.717, 1.165) is 12.8 Å². The zero-order valence-corrected chi connectivity index (χ0v) is 9.83. The van der Waals surface area contributed by atoms with E-state index >= 15 is 0 Å². The standard InChI is InChI=1S/C12H23NO2/c1-9(8-10(2)14)13-12(15)11-6-4-3-5-7-11/h9-11,14H,3-8H2,1-2H3,(H,13,15). The highest BCUT2D eigenvalue weighted by Crippen LogP contribution is 2.23. The number of carbonyl (C=O) groups excluding carboxylic acids is 1. The van der Waals surface area contributed by atoms with Crippen molar-refractivity contribution in [2.75, 3.05) is 0 Å². The second-order valence-electron chi connectivity index (χ2n) is 4.83. The van der Waals surface area contributed by atoms with Gasteiger partial charge in [-0.15, -0.1) is 0 Å². The number of rotatable bonds is 4. The number of amides is 1. The summed E-state index contributed by atoms with van der Waals surface area (Å²) in [7, 11) is 0. The second kappa shape index (κ2) is 6.11. The molecule has 1 rings (SSSR count). The lowest BCUT2D eigenvalue weighted by Gasteiger charge is -2.23. The molecule has 0 spiro atoms. The third kappa shape index (κ3) is 4.65. The topological polar surface area (TPSA) is 49.3 Å². The van der Waals surface area contributed by atoms with E-state index in [1.54, 1.807) is 6.92 Å². The van der Waals surface area contributed by atoms with E-state index in [0.29, 0.717) is 6.42 Å². The average molecular weight is 213 g/mol. The Kier molecular flexibility index (Phi) is 5.09. The van der Waals surface area contributed by atoms with Crippen LogP contribution in [0.5, 0.6) is 0 Å². The highest BCUT2D eigenvalue weighted by atomic mass is 16.3. The molecule has 1 fully saturated rings. The minimum absolute atomic E-state index is 0.0828. The Labute approximate surface area is 92.3 Å². The third-order valence-corrected chi connectivity index (χ3v) is 3.06. The van der Waals surface area contributed by atoms with Gasteiger partial charge in [-0.2, -0.15) is 0 Å². The molecule has 0 radical (unpaired) electrons. The highest BCUT2D eigenvalue weighted by Gasteiger charge is 2.22. The van der Waals surface area contributed by atoms with E-state index in [1.807, 2.05) is 6.92 Å². The van der Waals surface area contributed by atoms with Crippen LogP contribution < -0.4 is 5.32 Å². The maximum atomic E-state index is 11.8. The van der Waals surface area contributed by atoms with E-state index < -0.39 is 0 Å². The predicted molar refractivity (Wildman–Crippen MR) is 60.5 cm³/mol. The number of carbonyl (C=O) groups is 1. The Morgan fingerprint density at radius 2 is 1.93 bits per heavy atom. The van der Waals surface area contributed by atoms with Crippen molar-refractivity contribution in [3.8, 4) is 0 Å². The van der Waals surface area contributed by atoms with Gasteiger partial charge in [-0.05, 0) is 33.1 Å². The molecule has 1 aliphatic rings. The predicted octanol–water partition coefficient (Wildman–Crippen LogP) is 1.84. The normalized spacial score (nSPS) is 22.1. The van der Waals surface area contributed by atoms with E-state index in [1.165, 1.54) is 19.3 Å². The molecule has 15 heavy (non-hydrogen) atoms. The van der Waals surface area contributed by atoms with Crippen LogP contribution >= 0.6 is 0 Å². The number of aliphatic hydroxyl groups is 1. The van der Waals surface area contributed by atoms with Crippen molar-refractivity contribution in [3.05, 3.63) is 0 Å². The Morgan fingerprint density at radius 1 is 1.33 bits per heavy atom.